The number of carboxylic acids is 1. The summed E-state index contributed by atoms with van der Waals surface area (Å²) in [7, 11) is 0. The van der Waals surface area contributed by atoms with Crippen LogP contribution < -0.4 is 4.90 Å². The summed E-state index contributed by atoms with van der Waals surface area (Å²) in [6.07, 6.45) is 0.0661. The summed E-state index contributed by atoms with van der Waals surface area (Å²) >= 11 is 0. The number of hydrogen-bond donors (Lipinski definition) is 1. The first-order chi connectivity index (χ1) is 8.35. The average molecular weight is 247 g/mol. The second-order valence-electron chi connectivity index (χ2n) is 5.26. The molecule has 1 aliphatic rings. The standard InChI is InChI=1S/C14H17NO3/c1-9-6-4-5-7-11(9)15-12(16)8-10(13(17)18)14(15,2)3/h4-7,10H,8H2,1-3H3,(H,17,18). The molecular weight excluding hydrogens is 230 g/mol. The molecule has 2 rings (SSSR count). The number of para-hydroxylation sites is 1. The number of hydrogen-bond acceptors (Lipinski definition) is 2. The van der Waals surface area contributed by atoms with Crippen molar-refractivity contribution in [1.82, 2.24) is 0 Å². The van der Waals surface area contributed by atoms with Crippen LogP contribution >= 0.6 is 0 Å². The van der Waals surface area contributed by atoms with Gasteiger partial charge < -0.3 is 10.0 Å². The molecule has 0 aliphatic carbocycles. The summed E-state index contributed by atoms with van der Waals surface area (Å²) in [5.74, 6) is -1.70. The molecule has 4 nitrogen and oxygen atoms in total. The van der Waals surface area contributed by atoms with E-state index in [1.165, 1.54) is 0 Å². The molecule has 1 aromatic carbocycles. The van der Waals surface area contributed by atoms with Crippen LogP contribution in [0.4, 0.5) is 5.69 Å². The van der Waals surface area contributed by atoms with Crippen LogP contribution in [0.25, 0.3) is 0 Å². The van der Waals surface area contributed by atoms with E-state index >= 15 is 0 Å². The third kappa shape index (κ3) is 1.78. The Morgan fingerprint density at radius 2 is 2.00 bits per heavy atom. The van der Waals surface area contributed by atoms with Gasteiger partial charge >= 0.3 is 5.97 Å². The van der Waals surface area contributed by atoms with Gasteiger partial charge in [0.05, 0.1) is 11.5 Å². The number of carbonyl (C=O) groups is 2. The number of aryl methyl sites for hydroxylation is 1. The molecule has 1 N–H and O–H groups in total. The van der Waals surface area contributed by atoms with Crippen molar-refractivity contribution in [3.05, 3.63) is 29.8 Å². The number of carboxylic acid groups (broad SMARTS) is 1. The van der Waals surface area contributed by atoms with Gasteiger partial charge in [-0.25, -0.2) is 0 Å². The molecule has 1 aromatic rings. The van der Waals surface area contributed by atoms with E-state index in [-0.39, 0.29) is 12.3 Å². The first-order valence-corrected chi connectivity index (χ1v) is 5.97. The smallest absolute Gasteiger partial charge is 0.309 e. The maximum Gasteiger partial charge on any atom is 0.309 e. The molecule has 1 fully saturated rings. The average Bonchev–Trinajstić information content (AvgIpc) is 2.51. The molecule has 1 aliphatic heterocycles. The van der Waals surface area contributed by atoms with Crippen molar-refractivity contribution in [3.63, 3.8) is 0 Å². The first-order valence-electron chi connectivity index (χ1n) is 5.97. The number of carbonyl (C=O) groups excluding carboxylic acids is 1. The van der Waals surface area contributed by atoms with E-state index in [1.807, 2.05) is 45.0 Å². The van der Waals surface area contributed by atoms with Crippen molar-refractivity contribution in [2.24, 2.45) is 5.92 Å². The van der Waals surface area contributed by atoms with E-state index in [4.69, 9.17) is 0 Å². The second kappa shape index (κ2) is 4.12. The number of aliphatic carboxylic acids is 1. The van der Waals surface area contributed by atoms with E-state index in [2.05, 4.69) is 0 Å². The summed E-state index contributed by atoms with van der Waals surface area (Å²) in [6.45, 7) is 5.54. The van der Waals surface area contributed by atoms with Gasteiger partial charge in [-0.2, -0.15) is 0 Å². The highest BCUT2D eigenvalue weighted by Gasteiger charge is 2.50. The summed E-state index contributed by atoms with van der Waals surface area (Å²) in [5.41, 5.74) is 1.08. The van der Waals surface area contributed by atoms with E-state index in [0.717, 1.165) is 11.3 Å². The molecule has 96 valence electrons. The SMILES string of the molecule is Cc1ccccc1N1C(=O)CC(C(=O)O)C1(C)C. The van der Waals surface area contributed by atoms with E-state index < -0.39 is 17.4 Å². The third-order valence-electron chi connectivity index (χ3n) is 3.71. The number of benzene rings is 1. The van der Waals surface area contributed by atoms with Crippen LogP contribution in [-0.2, 0) is 9.59 Å². The largest absolute Gasteiger partial charge is 0.481 e. The van der Waals surface area contributed by atoms with Crippen molar-refractivity contribution in [2.75, 3.05) is 4.90 Å². The maximum absolute atomic E-state index is 12.1. The van der Waals surface area contributed by atoms with Gasteiger partial charge in [-0.05, 0) is 32.4 Å². The van der Waals surface area contributed by atoms with Gasteiger partial charge in [0.25, 0.3) is 0 Å². The first kappa shape index (κ1) is 12.6. The van der Waals surface area contributed by atoms with Crippen LogP contribution in [0, 0.1) is 12.8 Å². The Hall–Kier alpha value is -1.84. The van der Waals surface area contributed by atoms with Gasteiger partial charge in [0.2, 0.25) is 5.91 Å². The lowest BCUT2D eigenvalue weighted by atomic mass is 9.88. The molecule has 0 bridgehead atoms. The van der Waals surface area contributed by atoms with E-state index in [1.54, 1.807) is 4.90 Å². The molecule has 18 heavy (non-hydrogen) atoms. The Labute approximate surface area is 106 Å². The minimum atomic E-state index is -0.913. The highest BCUT2D eigenvalue weighted by Crippen LogP contribution is 2.40. The quantitative estimate of drug-likeness (QED) is 0.871. The molecule has 0 spiro atoms. The van der Waals surface area contributed by atoms with Crippen molar-refractivity contribution in [1.29, 1.82) is 0 Å². The number of rotatable bonds is 2. The Morgan fingerprint density at radius 3 is 2.50 bits per heavy atom. The molecule has 1 saturated heterocycles. The van der Waals surface area contributed by atoms with Crippen LogP contribution in [0.3, 0.4) is 0 Å². The predicted molar refractivity (Wildman–Crippen MR) is 68.5 cm³/mol. The highest BCUT2D eigenvalue weighted by molar-refractivity contribution is 6.01. The normalized spacial score (nSPS) is 22.3. The summed E-state index contributed by atoms with van der Waals surface area (Å²) in [6, 6.07) is 7.55. The molecule has 1 heterocycles. The predicted octanol–water partition coefficient (Wildman–Crippen LogP) is 2.21. The van der Waals surface area contributed by atoms with Crippen LogP contribution in [0.5, 0.6) is 0 Å². The lowest BCUT2D eigenvalue weighted by Gasteiger charge is -2.35. The van der Waals surface area contributed by atoms with Crippen molar-refractivity contribution in [3.8, 4) is 0 Å². The fourth-order valence-electron chi connectivity index (χ4n) is 2.64. The highest BCUT2D eigenvalue weighted by atomic mass is 16.4. The van der Waals surface area contributed by atoms with Crippen LogP contribution in [0.2, 0.25) is 0 Å². The topological polar surface area (TPSA) is 57.6 Å². The Morgan fingerprint density at radius 1 is 1.39 bits per heavy atom. The molecule has 1 atom stereocenters. The maximum atomic E-state index is 12.1. The second-order valence-corrected chi connectivity index (χ2v) is 5.26. The number of anilines is 1. The zero-order chi connectivity index (χ0) is 13.5. The molecule has 0 aromatic heterocycles. The lowest BCUT2D eigenvalue weighted by Crippen LogP contribution is -2.46. The lowest BCUT2D eigenvalue weighted by molar-refractivity contribution is -0.143. The fraction of sp³-hybridized carbons (Fsp3) is 0.429. The van der Waals surface area contributed by atoms with E-state index in [0.29, 0.717) is 0 Å². The molecular formula is C14H17NO3. The molecule has 0 radical (unpaired) electrons. The van der Waals surface area contributed by atoms with Gasteiger partial charge in [0, 0.05) is 12.1 Å². The third-order valence-corrected chi connectivity index (χ3v) is 3.71. The minimum Gasteiger partial charge on any atom is -0.481 e. The number of nitrogens with zero attached hydrogens (tertiary/aromatic N) is 1. The van der Waals surface area contributed by atoms with Crippen molar-refractivity contribution >= 4 is 17.6 Å². The number of amides is 1. The van der Waals surface area contributed by atoms with Gasteiger partial charge in [0.15, 0.2) is 0 Å². The summed E-state index contributed by atoms with van der Waals surface area (Å²) in [4.78, 5) is 25.0. The van der Waals surface area contributed by atoms with Crippen molar-refractivity contribution in [2.45, 2.75) is 32.7 Å². The summed E-state index contributed by atoms with van der Waals surface area (Å²) in [5, 5.41) is 9.22. The minimum absolute atomic E-state index is 0.0661. The van der Waals surface area contributed by atoms with Crippen LogP contribution in [0.1, 0.15) is 25.8 Å². The summed E-state index contributed by atoms with van der Waals surface area (Å²) < 4.78 is 0. The molecule has 4 heteroatoms. The molecule has 1 amide bonds. The van der Waals surface area contributed by atoms with E-state index in [9.17, 15) is 14.7 Å². The fourth-order valence-corrected chi connectivity index (χ4v) is 2.64. The molecule has 1 unspecified atom stereocenters. The zero-order valence-electron chi connectivity index (χ0n) is 10.8. The monoisotopic (exact) mass is 247 g/mol. The molecule has 0 saturated carbocycles. The van der Waals surface area contributed by atoms with Crippen LogP contribution in [-0.4, -0.2) is 22.5 Å². The van der Waals surface area contributed by atoms with Gasteiger partial charge in [-0.15, -0.1) is 0 Å². The zero-order valence-corrected chi connectivity index (χ0v) is 10.8. The Balaban J connectivity index is 2.49. The van der Waals surface area contributed by atoms with Crippen molar-refractivity contribution < 1.29 is 14.7 Å². The Kier molecular flexibility index (Phi) is 2.89. The van der Waals surface area contributed by atoms with Crippen LogP contribution in [0.15, 0.2) is 24.3 Å². The van der Waals surface area contributed by atoms with Gasteiger partial charge in [0.1, 0.15) is 0 Å². The van der Waals surface area contributed by atoms with Gasteiger partial charge in [-0.1, -0.05) is 18.2 Å². The Bertz CT molecular complexity index is 508. The van der Waals surface area contributed by atoms with Gasteiger partial charge in [-0.3, -0.25) is 9.59 Å².